The fourth-order valence-electron chi connectivity index (χ4n) is 2.03. The molecule has 0 saturated carbocycles. The van der Waals surface area contributed by atoms with Crippen molar-refractivity contribution in [1.29, 1.82) is 0 Å². The molecule has 0 saturated heterocycles. The molecule has 1 atom stereocenters. The molecule has 0 fully saturated rings. The molecule has 0 aliphatic carbocycles. The normalized spacial score (nSPS) is 12.3. The van der Waals surface area contributed by atoms with Gasteiger partial charge in [0.2, 0.25) is 10.0 Å². The highest BCUT2D eigenvalue weighted by Gasteiger charge is 2.23. The van der Waals surface area contributed by atoms with Gasteiger partial charge in [0, 0.05) is 20.1 Å². The van der Waals surface area contributed by atoms with Crippen molar-refractivity contribution in [3.8, 4) is 0 Å². The summed E-state index contributed by atoms with van der Waals surface area (Å²) in [5.41, 5.74) is 0.0862. The van der Waals surface area contributed by atoms with Gasteiger partial charge in [0.25, 0.3) is 5.91 Å². The van der Waals surface area contributed by atoms with Crippen molar-refractivity contribution in [3.63, 3.8) is 0 Å². The van der Waals surface area contributed by atoms with Gasteiger partial charge in [-0.25, -0.2) is 18.0 Å². The van der Waals surface area contributed by atoms with Crippen LogP contribution in [0.15, 0.2) is 29.2 Å². The summed E-state index contributed by atoms with van der Waals surface area (Å²) in [6, 6.07) is 4.51. The second kappa shape index (κ2) is 9.30. The summed E-state index contributed by atoms with van der Waals surface area (Å²) in [5.74, 6) is -1.59. The zero-order valence-electron chi connectivity index (χ0n) is 15.1. The molecular formula is C16H23N3O6S. The molecule has 0 aromatic heterocycles. The number of rotatable bonds is 7. The van der Waals surface area contributed by atoms with Gasteiger partial charge in [-0.2, -0.15) is 4.31 Å². The second-order valence-electron chi connectivity index (χ2n) is 5.23. The van der Waals surface area contributed by atoms with Gasteiger partial charge in [-0.05, 0) is 31.2 Å². The Hall–Kier alpha value is -2.46. The number of benzene rings is 1. The molecule has 0 bridgehead atoms. The van der Waals surface area contributed by atoms with Crippen LogP contribution in [-0.2, 0) is 19.6 Å². The van der Waals surface area contributed by atoms with E-state index in [1.807, 2.05) is 5.32 Å². The first kappa shape index (κ1) is 21.6. The van der Waals surface area contributed by atoms with E-state index in [9.17, 15) is 22.8 Å². The highest BCUT2D eigenvalue weighted by atomic mass is 32.2. The van der Waals surface area contributed by atoms with Crippen LogP contribution >= 0.6 is 0 Å². The van der Waals surface area contributed by atoms with Crippen molar-refractivity contribution in [2.45, 2.75) is 31.8 Å². The van der Waals surface area contributed by atoms with Crippen LogP contribution in [0.3, 0.4) is 0 Å². The quantitative estimate of drug-likeness (QED) is 0.667. The number of imide groups is 1. The van der Waals surface area contributed by atoms with Crippen molar-refractivity contribution in [1.82, 2.24) is 14.9 Å². The first-order valence-corrected chi connectivity index (χ1v) is 9.45. The molecule has 0 spiro atoms. The molecule has 144 valence electrons. The fourth-order valence-corrected chi connectivity index (χ4v) is 3.49. The molecule has 3 amide bonds. The second-order valence-corrected chi connectivity index (χ2v) is 7.17. The Labute approximate surface area is 152 Å². The molecule has 1 aromatic rings. The Morgan fingerprint density at radius 2 is 1.65 bits per heavy atom. The van der Waals surface area contributed by atoms with Crippen LogP contribution in [0.4, 0.5) is 4.79 Å². The smallest absolute Gasteiger partial charge is 0.338 e. The summed E-state index contributed by atoms with van der Waals surface area (Å²) in [5, 5.41) is 4.19. The number of urea groups is 1. The predicted molar refractivity (Wildman–Crippen MR) is 94.0 cm³/mol. The maximum Gasteiger partial charge on any atom is 0.338 e. The first-order valence-electron chi connectivity index (χ1n) is 8.01. The molecular weight excluding hydrogens is 362 g/mol. The van der Waals surface area contributed by atoms with Crippen LogP contribution < -0.4 is 10.6 Å². The van der Waals surface area contributed by atoms with E-state index < -0.39 is 34.0 Å². The molecule has 0 aliphatic rings. The Bertz CT molecular complexity index is 757. The Morgan fingerprint density at radius 1 is 1.12 bits per heavy atom. The summed E-state index contributed by atoms with van der Waals surface area (Å²) >= 11 is 0. The fraction of sp³-hybridized carbons (Fsp3) is 0.438. The van der Waals surface area contributed by atoms with Crippen molar-refractivity contribution < 1.29 is 27.5 Å². The summed E-state index contributed by atoms with van der Waals surface area (Å²) in [6.45, 7) is 5.45. The third-order valence-electron chi connectivity index (χ3n) is 3.55. The molecule has 0 heterocycles. The zero-order chi connectivity index (χ0) is 19.9. The molecule has 26 heavy (non-hydrogen) atoms. The SMILES string of the molecule is CCN(CC)S(=O)(=O)c1ccc(C(=O)O[C@@H](C)C(=O)NC(=O)NC)cc1. The van der Waals surface area contributed by atoms with E-state index >= 15 is 0 Å². The monoisotopic (exact) mass is 385 g/mol. The Kier molecular flexibility index (Phi) is 7.72. The minimum atomic E-state index is -3.62. The largest absolute Gasteiger partial charge is 0.449 e. The minimum Gasteiger partial charge on any atom is -0.449 e. The van der Waals surface area contributed by atoms with Gasteiger partial charge in [-0.3, -0.25) is 10.1 Å². The van der Waals surface area contributed by atoms with E-state index in [1.165, 1.54) is 42.5 Å². The molecule has 10 heteroatoms. The molecule has 1 rings (SSSR count). The highest BCUT2D eigenvalue weighted by Crippen LogP contribution is 2.17. The highest BCUT2D eigenvalue weighted by molar-refractivity contribution is 7.89. The van der Waals surface area contributed by atoms with E-state index in [0.717, 1.165) is 0 Å². The number of carbonyl (C=O) groups is 3. The summed E-state index contributed by atoms with van der Waals surface area (Å²) in [6.07, 6.45) is -1.20. The van der Waals surface area contributed by atoms with E-state index in [0.29, 0.717) is 13.1 Å². The number of hydrogen-bond donors (Lipinski definition) is 2. The van der Waals surface area contributed by atoms with Gasteiger partial charge in [-0.15, -0.1) is 0 Å². The number of nitrogens with one attached hydrogen (secondary N) is 2. The van der Waals surface area contributed by atoms with E-state index in [1.54, 1.807) is 13.8 Å². The lowest BCUT2D eigenvalue weighted by molar-refractivity contribution is -0.127. The molecule has 0 unspecified atom stereocenters. The number of ether oxygens (including phenoxy) is 1. The van der Waals surface area contributed by atoms with Crippen LogP contribution in [0, 0.1) is 0 Å². The zero-order valence-corrected chi connectivity index (χ0v) is 15.9. The summed E-state index contributed by atoms with van der Waals surface area (Å²) in [7, 11) is -2.28. The number of esters is 1. The van der Waals surface area contributed by atoms with E-state index in [4.69, 9.17) is 4.74 Å². The van der Waals surface area contributed by atoms with Crippen LogP contribution in [0.5, 0.6) is 0 Å². The van der Waals surface area contributed by atoms with E-state index in [-0.39, 0.29) is 10.5 Å². The lowest BCUT2D eigenvalue weighted by Gasteiger charge is -2.18. The number of sulfonamides is 1. The van der Waals surface area contributed by atoms with Crippen LogP contribution in [0.25, 0.3) is 0 Å². The molecule has 0 radical (unpaired) electrons. The maximum absolute atomic E-state index is 12.4. The Morgan fingerprint density at radius 3 is 2.12 bits per heavy atom. The third kappa shape index (κ3) is 5.27. The van der Waals surface area contributed by atoms with Gasteiger partial charge in [0.05, 0.1) is 10.5 Å². The molecule has 2 N–H and O–H groups in total. The number of hydrogen-bond acceptors (Lipinski definition) is 6. The van der Waals surface area contributed by atoms with Gasteiger partial charge in [0.15, 0.2) is 6.10 Å². The topological polar surface area (TPSA) is 122 Å². The van der Waals surface area contributed by atoms with Crippen molar-refractivity contribution in [2.24, 2.45) is 0 Å². The summed E-state index contributed by atoms with van der Waals surface area (Å²) < 4.78 is 31.1. The third-order valence-corrected chi connectivity index (χ3v) is 5.61. The van der Waals surface area contributed by atoms with E-state index in [2.05, 4.69) is 5.32 Å². The lowest BCUT2D eigenvalue weighted by Crippen LogP contribution is -2.43. The Balaban J connectivity index is 2.84. The predicted octanol–water partition coefficient (Wildman–Crippen LogP) is 0.718. The minimum absolute atomic E-state index is 0.0585. The van der Waals surface area contributed by atoms with Crippen molar-refractivity contribution >= 4 is 27.9 Å². The number of nitrogens with zero attached hydrogens (tertiary/aromatic N) is 1. The van der Waals surface area contributed by atoms with Gasteiger partial charge < -0.3 is 10.1 Å². The van der Waals surface area contributed by atoms with Crippen LogP contribution in [-0.4, -0.2) is 56.9 Å². The average Bonchev–Trinajstić information content (AvgIpc) is 2.62. The van der Waals surface area contributed by atoms with Gasteiger partial charge in [0.1, 0.15) is 0 Å². The van der Waals surface area contributed by atoms with Crippen molar-refractivity contribution in [2.75, 3.05) is 20.1 Å². The molecule has 9 nitrogen and oxygen atoms in total. The lowest BCUT2D eigenvalue weighted by atomic mass is 10.2. The van der Waals surface area contributed by atoms with Crippen LogP contribution in [0.1, 0.15) is 31.1 Å². The summed E-state index contributed by atoms with van der Waals surface area (Å²) in [4.78, 5) is 34.9. The standard InChI is InChI=1S/C16H23N3O6S/c1-5-19(6-2)26(23,24)13-9-7-12(8-10-13)15(21)25-11(3)14(20)18-16(22)17-4/h7-11H,5-6H2,1-4H3,(H2,17,18,20,22)/t11-/m0/s1. The first-order chi connectivity index (χ1) is 12.2. The van der Waals surface area contributed by atoms with Crippen molar-refractivity contribution in [3.05, 3.63) is 29.8 Å². The number of amides is 3. The van der Waals surface area contributed by atoms with Gasteiger partial charge in [-0.1, -0.05) is 13.8 Å². The average molecular weight is 385 g/mol. The maximum atomic E-state index is 12.4. The molecule has 1 aromatic carbocycles. The number of carbonyl (C=O) groups excluding carboxylic acids is 3. The van der Waals surface area contributed by atoms with Gasteiger partial charge >= 0.3 is 12.0 Å². The van der Waals surface area contributed by atoms with Crippen LogP contribution in [0.2, 0.25) is 0 Å². The molecule has 0 aliphatic heterocycles.